The van der Waals surface area contributed by atoms with Gasteiger partial charge in [-0.05, 0) is 49.6 Å². The van der Waals surface area contributed by atoms with E-state index in [0.717, 1.165) is 52.3 Å². The van der Waals surface area contributed by atoms with E-state index >= 15 is 0 Å². The van der Waals surface area contributed by atoms with Gasteiger partial charge in [0.25, 0.3) is 0 Å². The molecule has 1 N–H and O–H groups in total. The van der Waals surface area contributed by atoms with E-state index in [2.05, 4.69) is 11.0 Å². The molecule has 0 unspecified atom stereocenters. The van der Waals surface area contributed by atoms with E-state index in [9.17, 15) is 5.11 Å². The van der Waals surface area contributed by atoms with Crippen LogP contribution >= 0.6 is 0 Å². The third kappa shape index (κ3) is 2.78. The molecule has 128 valence electrons. The lowest BCUT2D eigenvalue weighted by molar-refractivity contribution is 0.413. The van der Waals surface area contributed by atoms with Crippen molar-refractivity contribution in [1.82, 2.24) is 4.98 Å². The molecule has 4 nitrogen and oxygen atoms in total. The zero-order valence-corrected chi connectivity index (χ0v) is 14.6. The zero-order valence-electron chi connectivity index (χ0n) is 14.6. The zero-order chi connectivity index (χ0) is 17.4. The van der Waals surface area contributed by atoms with Crippen LogP contribution in [0.1, 0.15) is 18.4 Å². The topological polar surface area (TPSA) is 45.6 Å². The largest absolute Gasteiger partial charge is 0.507 e. The number of ether oxygens (including phenoxy) is 1. The van der Waals surface area contributed by atoms with Crippen LogP contribution in [0.5, 0.6) is 11.5 Å². The first kappa shape index (κ1) is 15.8. The number of aromatic nitrogens is 1. The first-order valence-electron chi connectivity index (χ1n) is 8.70. The molecule has 0 amide bonds. The second-order valence-corrected chi connectivity index (χ2v) is 6.58. The third-order valence-corrected chi connectivity index (χ3v) is 4.93. The van der Waals surface area contributed by atoms with Gasteiger partial charge in [-0.2, -0.15) is 0 Å². The summed E-state index contributed by atoms with van der Waals surface area (Å²) in [5.41, 5.74) is 4.61. The number of pyridine rings is 1. The highest BCUT2D eigenvalue weighted by molar-refractivity contribution is 5.91. The van der Waals surface area contributed by atoms with Crippen molar-refractivity contribution in [3.63, 3.8) is 0 Å². The normalized spacial score (nSPS) is 14.2. The molecule has 0 spiro atoms. The molecule has 1 aliphatic heterocycles. The Bertz CT molecular complexity index is 931. The predicted octanol–water partition coefficient (Wildman–Crippen LogP) is 4.52. The minimum Gasteiger partial charge on any atom is -0.507 e. The van der Waals surface area contributed by atoms with Gasteiger partial charge in [0, 0.05) is 35.8 Å². The fourth-order valence-corrected chi connectivity index (χ4v) is 3.63. The number of aryl methyl sites for hydroxylation is 1. The molecule has 1 fully saturated rings. The Labute approximate surface area is 147 Å². The summed E-state index contributed by atoms with van der Waals surface area (Å²) >= 11 is 0. The number of fused-ring (bicyclic) bond motifs is 1. The van der Waals surface area contributed by atoms with Gasteiger partial charge in [-0.25, -0.2) is 4.98 Å². The Balaban J connectivity index is 1.83. The highest BCUT2D eigenvalue weighted by atomic mass is 16.5. The van der Waals surface area contributed by atoms with Crippen molar-refractivity contribution >= 4 is 16.6 Å². The smallest absolute Gasteiger partial charge is 0.131 e. The monoisotopic (exact) mass is 334 g/mol. The lowest BCUT2D eigenvalue weighted by atomic mass is 10.0. The van der Waals surface area contributed by atoms with Gasteiger partial charge in [0.1, 0.15) is 11.5 Å². The van der Waals surface area contributed by atoms with E-state index in [1.54, 1.807) is 13.2 Å². The van der Waals surface area contributed by atoms with Crippen LogP contribution in [-0.2, 0) is 0 Å². The summed E-state index contributed by atoms with van der Waals surface area (Å²) in [6.07, 6.45) is 2.46. The van der Waals surface area contributed by atoms with Gasteiger partial charge >= 0.3 is 0 Å². The summed E-state index contributed by atoms with van der Waals surface area (Å²) in [6, 6.07) is 13.8. The van der Waals surface area contributed by atoms with Gasteiger partial charge in [-0.1, -0.05) is 12.1 Å². The minimum absolute atomic E-state index is 0.254. The summed E-state index contributed by atoms with van der Waals surface area (Å²) in [5.74, 6) is 1.05. The van der Waals surface area contributed by atoms with Gasteiger partial charge < -0.3 is 14.7 Å². The molecule has 2 heterocycles. The lowest BCUT2D eigenvalue weighted by Crippen LogP contribution is -2.17. The Morgan fingerprint density at radius 1 is 1.08 bits per heavy atom. The van der Waals surface area contributed by atoms with Crippen LogP contribution in [0.25, 0.3) is 22.2 Å². The maximum absolute atomic E-state index is 10.6. The third-order valence-electron chi connectivity index (χ3n) is 4.93. The first-order valence-corrected chi connectivity index (χ1v) is 8.70. The summed E-state index contributed by atoms with van der Waals surface area (Å²) in [6.45, 7) is 4.17. The van der Waals surface area contributed by atoms with Crippen LogP contribution in [0.4, 0.5) is 5.69 Å². The molecule has 0 atom stereocenters. The molecule has 0 saturated carbocycles. The van der Waals surface area contributed by atoms with E-state index in [4.69, 9.17) is 9.72 Å². The van der Waals surface area contributed by atoms with Crippen LogP contribution in [0.15, 0.2) is 42.5 Å². The highest BCUT2D eigenvalue weighted by Gasteiger charge is 2.16. The Morgan fingerprint density at radius 3 is 2.64 bits per heavy atom. The van der Waals surface area contributed by atoms with Crippen molar-refractivity contribution in [2.75, 3.05) is 25.1 Å². The maximum Gasteiger partial charge on any atom is 0.131 e. The fourth-order valence-electron chi connectivity index (χ4n) is 3.63. The van der Waals surface area contributed by atoms with Crippen molar-refractivity contribution in [3.8, 4) is 22.8 Å². The Morgan fingerprint density at radius 2 is 1.88 bits per heavy atom. The first-order chi connectivity index (χ1) is 12.2. The fraction of sp³-hybridized carbons (Fsp3) is 0.286. The minimum atomic E-state index is 0.254. The molecule has 4 heteroatoms. The number of para-hydroxylation sites is 1. The molecule has 1 aromatic heterocycles. The van der Waals surface area contributed by atoms with Gasteiger partial charge in [0.2, 0.25) is 0 Å². The standard InChI is InChI=1S/C21H22N2O2/c1-14-6-5-7-16(21(14)25-2)19-13-20(24)17-12-15(8-9-18(17)22-19)23-10-3-4-11-23/h5-9,12-13H,3-4,10-11H2,1-2H3,(H,22,24). The van der Waals surface area contributed by atoms with Gasteiger partial charge in [0.15, 0.2) is 0 Å². The average Bonchev–Trinajstić information content (AvgIpc) is 3.16. The number of methoxy groups -OCH3 is 1. The van der Waals surface area contributed by atoms with E-state index in [1.165, 1.54) is 12.8 Å². The van der Waals surface area contributed by atoms with Crippen LogP contribution in [-0.4, -0.2) is 30.3 Å². The van der Waals surface area contributed by atoms with Crippen LogP contribution in [0.3, 0.4) is 0 Å². The van der Waals surface area contributed by atoms with Crippen LogP contribution in [0, 0.1) is 6.92 Å². The molecule has 1 aliphatic rings. The number of rotatable bonds is 3. The van der Waals surface area contributed by atoms with Crippen LogP contribution < -0.4 is 9.64 Å². The number of hydrogen-bond acceptors (Lipinski definition) is 4. The molecule has 3 aromatic rings. The number of nitrogens with zero attached hydrogens (tertiary/aromatic N) is 2. The number of aromatic hydroxyl groups is 1. The highest BCUT2D eigenvalue weighted by Crippen LogP contribution is 2.36. The molecule has 2 aromatic carbocycles. The number of hydrogen-bond donors (Lipinski definition) is 1. The van der Waals surface area contributed by atoms with Crippen molar-refractivity contribution in [2.45, 2.75) is 19.8 Å². The maximum atomic E-state index is 10.6. The molecule has 0 radical (unpaired) electrons. The molecule has 1 saturated heterocycles. The summed E-state index contributed by atoms with van der Waals surface area (Å²) in [4.78, 5) is 7.12. The van der Waals surface area contributed by atoms with E-state index in [1.807, 2.05) is 37.3 Å². The number of benzene rings is 2. The lowest BCUT2D eigenvalue weighted by Gasteiger charge is -2.18. The van der Waals surface area contributed by atoms with E-state index in [-0.39, 0.29) is 5.75 Å². The summed E-state index contributed by atoms with van der Waals surface area (Å²) < 4.78 is 5.54. The van der Waals surface area contributed by atoms with Crippen molar-refractivity contribution in [2.24, 2.45) is 0 Å². The molecule has 25 heavy (non-hydrogen) atoms. The molecule has 0 aliphatic carbocycles. The molecular weight excluding hydrogens is 312 g/mol. The van der Waals surface area contributed by atoms with Crippen molar-refractivity contribution in [3.05, 3.63) is 48.0 Å². The summed E-state index contributed by atoms with van der Waals surface area (Å²) in [5, 5.41) is 11.4. The van der Waals surface area contributed by atoms with E-state index in [0.29, 0.717) is 0 Å². The van der Waals surface area contributed by atoms with Gasteiger partial charge in [-0.15, -0.1) is 0 Å². The van der Waals surface area contributed by atoms with Crippen molar-refractivity contribution < 1.29 is 9.84 Å². The second kappa shape index (κ2) is 6.28. The van der Waals surface area contributed by atoms with E-state index < -0.39 is 0 Å². The van der Waals surface area contributed by atoms with Crippen molar-refractivity contribution in [1.29, 1.82) is 0 Å². The Kier molecular flexibility index (Phi) is 3.96. The molecule has 4 rings (SSSR count). The average molecular weight is 334 g/mol. The molecule has 0 bridgehead atoms. The van der Waals surface area contributed by atoms with Gasteiger partial charge in [-0.3, -0.25) is 0 Å². The number of anilines is 1. The molecular formula is C21H22N2O2. The SMILES string of the molecule is COc1c(C)cccc1-c1cc(O)c2cc(N3CCCC3)ccc2n1. The van der Waals surface area contributed by atoms with Crippen LogP contribution in [0.2, 0.25) is 0 Å². The Hall–Kier alpha value is -2.75. The summed E-state index contributed by atoms with van der Waals surface area (Å²) in [7, 11) is 1.66. The predicted molar refractivity (Wildman–Crippen MR) is 102 cm³/mol. The van der Waals surface area contributed by atoms with Gasteiger partial charge in [0.05, 0.1) is 18.3 Å². The quantitative estimate of drug-likeness (QED) is 0.765. The second-order valence-electron chi connectivity index (χ2n) is 6.58.